The van der Waals surface area contributed by atoms with Crippen molar-refractivity contribution in [2.24, 2.45) is 0 Å². The summed E-state index contributed by atoms with van der Waals surface area (Å²) in [7, 11) is 0. The van der Waals surface area contributed by atoms with Crippen LogP contribution < -0.4 is 10.6 Å². The van der Waals surface area contributed by atoms with Gasteiger partial charge in [-0.2, -0.15) is 0 Å². The first-order chi connectivity index (χ1) is 10.8. The monoisotopic (exact) mass is 331 g/mol. The van der Waals surface area contributed by atoms with E-state index in [4.69, 9.17) is 11.6 Å². The number of H-pyrrole nitrogens is 1. The zero-order chi connectivity index (χ0) is 14.7. The van der Waals surface area contributed by atoms with Gasteiger partial charge in [-0.25, -0.2) is 9.97 Å². The lowest BCUT2D eigenvalue weighted by atomic mass is 9.78. The predicted molar refractivity (Wildman–Crippen MR) is 88.3 cm³/mol. The van der Waals surface area contributed by atoms with E-state index in [0.29, 0.717) is 11.1 Å². The third-order valence-corrected chi connectivity index (χ3v) is 6.13. The van der Waals surface area contributed by atoms with Crippen LogP contribution in [0.15, 0.2) is 24.7 Å². The van der Waals surface area contributed by atoms with Crippen molar-refractivity contribution >= 4 is 34.0 Å². The maximum atomic E-state index is 6.31. The molecule has 3 N–H and O–H groups in total. The minimum atomic E-state index is 0.0277. The number of piperidine rings is 1. The first-order valence-electron chi connectivity index (χ1n) is 7.32. The highest BCUT2D eigenvalue weighted by molar-refractivity contribution is 7.15. The van der Waals surface area contributed by atoms with Crippen molar-refractivity contribution in [2.45, 2.75) is 18.0 Å². The van der Waals surface area contributed by atoms with Crippen molar-refractivity contribution in [3.63, 3.8) is 0 Å². The van der Waals surface area contributed by atoms with Gasteiger partial charge in [-0.15, -0.1) is 11.3 Å². The molecule has 2 bridgehead atoms. The minimum absolute atomic E-state index is 0.0277. The Bertz CT molecular complexity index is 858. The van der Waals surface area contributed by atoms with E-state index in [1.807, 2.05) is 18.5 Å². The summed E-state index contributed by atoms with van der Waals surface area (Å²) in [5.41, 5.74) is 1.94. The van der Waals surface area contributed by atoms with Gasteiger partial charge in [0.05, 0.1) is 15.4 Å². The first kappa shape index (κ1) is 13.0. The highest BCUT2D eigenvalue weighted by Gasteiger charge is 2.49. The van der Waals surface area contributed by atoms with E-state index >= 15 is 0 Å². The molecule has 6 rings (SSSR count). The molecule has 3 aromatic heterocycles. The molecule has 6 heterocycles. The van der Waals surface area contributed by atoms with Crippen LogP contribution in [-0.2, 0) is 5.54 Å². The molecule has 0 spiro atoms. The van der Waals surface area contributed by atoms with Crippen LogP contribution in [0, 0.1) is 0 Å². The Hall–Kier alpha value is -1.47. The van der Waals surface area contributed by atoms with Gasteiger partial charge in [-0.3, -0.25) is 0 Å². The standard InChI is InChI=1S/C15H14ClN5S/c16-10-5-19-13-12(10)9(1-2-18-13)11-6-20-14(22-11)15-3-8(21-15)4-17-7-15/h1-2,5-6,8,17,21H,3-4,7H2,(H,18,19). The zero-order valence-electron chi connectivity index (χ0n) is 11.7. The highest BCUT2D eigenvalue weighted by atomic mass is 35.5. The van der Waals surface area contributed by atoms with Gasteiger partial charge in [0.15, 0.2) is 0 Å². The number of hydrogen-bond acceptors (Lipinski definition) is 5. The van der Waals surface area contributed by atoms with Crippen LogP contribution >= 0.6 is 22.9 Å². The fraction of sp³-hybridized carbons (Fsp3) is 0.333. The molecular formula is C15H14ClN5S. The molecule has 3 saturated heterocycles. The Balaban J connectivity index is 1.60. The average molecular weight is 332 g/mol. The molecular weight excluding hydrogens is 318 g/mol. The second-order valence-electron chi connectivity index (χ2n) is 6.01. The molecule has 0 amide bonds. The first-order valence-corrected chi connectivity index (χ1v) is 8.51. The van der Waals surface area contributed by atoms with Crippen molar-refractivity contribution in [1.82, 2.24) is 25.6 Å². The number of halogens is 1. The number of aromatic amines is 1. The van der Waals surface area contributed by atoms with E-state index in [-0.39, 0.29) is 5.54 Å². The van der Waals surface area contributed by atoms with Crippen LogP contribution in [0.3, 0.4) is 0 Å². The summed E-state index contributed by atoms with van der Waals surface area (Å²) in [5.74, 6) is 0. The van der Waals surface area contributed by atoms with E-state index in [0.717, 1.165) is 39.6 Å². The lowest BCUT2D eigenvalue weighted by Gasteiger charge is -2.52. The number of rotatable bonds is 2. The Labute approximate surface area is 136 Å². The van der Waals surface area contributed by atoms with Gasteiger partial charge in [0.1, 0.15) is 10.7 Å². The summed E-state index contributed by atoms with van der Waals surface area (Å²) in [4.78, 5) is 13.3. The van der Waals surface area contributed by atoms with Gasteiger partial charge < -0.3 is 15.6 Å². The smallest absolute Gasteiger partial charge is 0.139 e. The normalized spacial score (nSPS) is 27.0. The summed E-state index contributed by atoms with van der Waals surface area (Å²) in [5, 5.41) is 9.96. The largest absolute Gasteiger partial charge is 0.345 e. The summed E-state index contributed by atoms with van der Waals surface area (Å²) in [6, 6.07) is 2.60. The van der Waals surface area contributed by atoms with Crippen LogP contribution in [0.5, 0.6) is 0 Å². The molecule has 22 heavy (non-hydrogen) atoms. The Kier molecular flexibility index (Phi) is 2.67. The number of hydrogen-bond donors (Lipinski definition) is 3. The number of thiazole rings is 1. The molecule has 0 saturated carbocycles. The molecule has 7 heteroatoms. The number of fused-ring (bicyclic) bond motifs is 3. The second kappa shape index (κ2) is 4.52. The minimum Gasteiger partial charge on any atom is -0.345 e. The Morgan fingerprint density at radius 2 is 2.27 bits per heavy atom. The summed E-state index contributed by atoms with van der Waals surface area (Å²) >= 11 is 8.05. The number of pyridine rings is 1. The molecule has 3 aliphatic heterocycles. The quantitative estimate of drug-likeness (QED) is 0.675. The van der Waals surface area contributed by atoms with Gasteiger partial charge in [0.2, 0.25) is 0 Å². The Morgan fingerprint density at radius 1 is 1.36 bits per heavy atom. The zero-order valence-corrected chi connectivity index (χ0v) is 13.3. The maximum absolute atomic E-state index is 6.31. The molecule has 5 nitrogen and oxygen atoms in total. The van der Waals surface area contributed by atoms with Crippen LogP contribution in [0.1, 0.15) is 11.4 Å². The van der Waals surface area contributed by atoms with Gasteiger partial charge in [0, 0.05) is 48.7 Å². The molecule has 0 radical (unpaired) electrons. The molecule has 3 fully saturated rings. The fourth-order valence-electron chi connectivity index (χ4n) is 3.56. The maximum Gasteiger partial charge on any atom is 0.139 e. The van der Waals surface area contributed by atoms with Crippen molar-refractivity contribution in [3.8, 4) is 10.4 Å². The van der Waals surface area contributed by atoms with E-state index in [2.05, 4.69) is 25.6 Å². The number of aromatic nitrogens is 3. The Morgan fingerprint density at radius 3 is 3.09 bits per heavy atom. The third kappa shape index (κ3) is 1.72. The molecule has 2 atom stereocenters. The van der Waals surface area contributed by atoms with Crippen LogP contribution in [0.25, 0.3) is 21.5 Å². The van der Waals surface area contributed by atoms with Crippen LogP contribution in [-0.4, -0.2) is 34.1 Å². The van der Waals surface area contributed by atoms with Gasteiger partial charge in [0.25, 0.3) is 0 Å². The number of piperazine rings is 1. The average Bonchev–Trinajstić information content (AvgIpc) is 3.15. The van der Waals surface area contributed by atoms with E-state index < -0.39 is 0 Å². The van der Waals surface area contributed by atoms with Gasteiger partial charge >= 0.3 is 0 Å². The number of nitrogens with zero attached hydrogens (tertiary/aromatic N) is 2. The molecule has 112 valence electrons. The lowest BCUT2D eigenvalue weighted by Crippen LogP contribution is -2.72. The number of nitrogens with one attached hydrogen (secondary N) is 3. The van der Waals surface area contributed by atoms with Gasteiger partial charge in [-0.05, 0) is 12.5 Å². The second-order valence-corrected chi connectivity index (χ2v) is 7.44. The van der Waals surface area contributed by atoms with E-state index in [9.17, 15) is 0 Å². The van der Waals surface area contributed by atoms with E-state index in [1.54, 1.807) is 17.5 Å². The van der Waals surface area contributed by atoms with Crippen molar-refractivity contribution in [1.29, 1.82) is 0 Å². The predicted octanol–water partition coefficient (Wildman–Crippen LogP) is 2.50. The van der Waals surface area contributed by atoms with Crippen LogP contribution in [0.4, 0.5) is 0 Å². The van der Waals surface area contributed by atoms with Crippen molar-refractivity contribution in [2.75, 3.05) is 13.1 Å². The summed E-state index contributed by atoms with van der Waals surface area (Å²) < 4.78 is 0. The van der Waals surface area contributed by atoms with Crippen molar-refractivity contribution < 1.29 is 0 Å². The SMILES string of the molecule is Clc1c[nH]c2nccc(-c3cnc(C45CNCC(C4)N5)s3)c12. The van der Waals surface area contributed by atoms with Crippen molar-refractivity contribution in [3.05, 3.63) is 34.7 Å². The molecule has 0 aromatic carbocycles. The molecule has 3 aliphatic rings. The van der Waals surface area contributed by atoms with Gasteiger partial charge in [-0.1, -0.05) is 11.6 Å². The topological polar surface area (TPSA) is 65.6 Å². The van der Waals surface area contributed by atoms with Crippen LogP contribution in [0.2, 0.25) is 5.02 Å². The van der Waals surface area contributed by atoms with E-state index in [1.165, 1.54) is 6.42 Å². The summed E-state index contributed by atoms with van der Waals surface area (Å²) in [6.45, 7) is 2.01. The molecule has 3 aromatic rings. The lowest BCUT2D eigenvalue weighted by molar-refractivity contribution is 0.0869. The fourth-order valence-corrected chi connectivity index (χ4v) is 4.92. The molecule has 2 unspecified atom stereocenters. The summed E-state index contributed by atoms with van der Waals surface area (Å²) in [6.07, 6.45) is 6.72. The highest BCUT2D eigenvalue weighted by Crippen LogP contribution is 2.42. The molecule has 0 aliphatic carbocycles. The third-order valence-electron chi connectivity index (χ3n) is 4.60.